The van der Waals surface area contributed by atoms with Crippen LogP contribution in [0.5, 0.6) is 0 Å². The highest BCUT2D eigenvalue weighted by molar-refractivity contribution is 5.90. The van der Waals surface area contributed by atoms with E-state index in [9.17, 15) is 18.0 Å². The van der Waals surface area contributed by atoms with Crippen molar-refractivity contribution in [2.75, 3.05) is 18.4 Å². The summed E-state index contributed by atoms with van der Waals surface area (Å²) in [6, 6.07) is 2.76. The molecule has 1 aromatic rings. The summed E-state index contributed by atoms with van der Waals surface area (Å²) in [5.74, 6) is 0. The number of hydrogen-bond donors (Lipinski definition) is 2. The number of nitrogens with zero attached hydrogens (tertiary/aromatic N) is 1. The number of nitrogens with two attached hydrogens (primary N) is 1. The first kappa shape index (κ1) is 16.3. The van der Waals surface area contributed by atoms with E-state index < -0.39 is 11.7 Å². The molecule has 7 heteroatoms. The second-order valence-corrected chi connectivity index (χ2v) is 4.18. The van der Waals surface area contributed by atoms with Gasteiger partial charge in [0.15, 0.2) is 0 Å². The summed E-state index contributed by atoms with van der Waals surface area (Å²) in [5, 5.41) is 2.58. The molecule has 0 bridgehead atoms. The largest absolute Gasteiger partial charge is 0.416 e. The Labute approximate surface area is 115 Å². The van der Waals surface area contributed by atoms with Crippen molar-refractivity contribution in [1.82, 2.24) is 4.90 Å². The fraction of sp³-hybridized carbons (Fsp3) is 0.462. The normalized spacial score (nSPS) is 11.3. The number of carbonyl (C=O) groups is 1. The molecular formula is C13H18F3N3O. The number of anilines is 1. The Morgan fingerprint density at radius 3 is 2.35 bits per heavy atom. The van der Waals surface area contributed by atoms with Crippen molar-refractivity contribution >= 4 is 11.7 Å². The van der Waals surface area contributed by atoms with E-state index in [4.69, 9.17) is 5.73 Å². The summed E-state index contributed by atoms with van der Waals surface area (Å²) in [5.41, 5.74) is 5.22. The number of carbonyl (C=O) groups excluding carboxylic acids is 1. The average molecular weight is 289 g/mol. The molecule has 3 N–H and O–H groups in total. The van der Waals surface area contributed by atoms with Gasteiger partial charge in [0.1, 0.15) is 0 Å². The highest BCUT2D eigenvalue weighted by atomic mass is 19.4. The van der Waals surface area contributed by atoms with E-state index in [1.165, 1.54) is 11.0 Å². The van der Waals surface area contributed by atoms with Crippen LogP contribution in [0.15, 0.2) is 18.2 Å². The van der Waals surface area contributed by atoms with Gasteiger partial charge in [-0.3, -0.25) is 0 Å². The van der Waals surface area contributed by atoms with Crippen LogP contribution in [-0.4, -0.2) is 24.0 Å². The molecule has 0 aliphatic carbocycles. The fourth-order valence-electron chi connectivity index (χ4n) is 1.77. The molecule has 0 heterocycles. The van der Waals surface area contributed by atoms with E-state index in [2.05, 4.69) is 5.32 Å². The first-order valence-corrected chi connectivity index (χ1v) is 6.29. The molecule has 0 aliphatic rings. The molecule has 0 radical (unpaired) electrons. The SMILES string of the molecule is CCN(CC)C(=O)Nc1ccc(C(F)(F)F)cc1CN. The minimum atomic E-state index is -4.43. The second kappa shape index (κ2) is 6.60. The van der Waals surface area contributed by atoms with E-state index in [-0.39, 0.29) is 18.1 Å². The van der Waals surface area contributed by atoms with Gasteiger partial charge in [-0.25, -0.2) is 4.79 Å². The van der Waals surface area contributed by atoms with Gasteiger partial charge in [0.25, 0.3) is 0 Å². The highest BCUT2D eigenvalue weighted by Gasteiger charge is 2.31. The quantitative estimate of drug-likeness (QED) is 0.895. The van der Waals surface area contributed by atoms with E-state index in [1.54, 1.807) is 0 Å². The molecule has 1 rings (SSSR count). The Bertz CT molecular complexity index is 470. The highest BCUT2D eigenvalue weighted by Crippen LogP contribution is 2.31. The number of amides is 2. The summed E-state index contributed by atoms with van der Waals surface area (Å²) >= 11 is 0. The maximum atomic E-state index is 12.6. The van der Waals surface area contributed by atoms with E-state index in [1.807, 2.05) is 13.8 Å². The van der Waals surface area contributed by atoms with Gasteiger partial charge in [0.05, 0.1) is 5.56 Å². The molecule has 20 heavy (non-hydrogen) atoms. The first-order valence-electron chi connectivity index (χ1n) is 6.29. The zero-order chi connectivity index (χ0) is 15.3. The van der Waals surface area contributed by atoms with Crippen LogP contribution in [0.2, 0.25) is 0 Å². The molecule has 0 spiro atoms. The Balaban J connectivity index is 2.99. The minimum absolute atomic E-state index is 0.0855. The number of benzene rings is 1. The van der Waals surface area contributed by atoms with E-state index >= 15 is 0 Å². The smallest absolute Gasteiger partial charge is 0.326 e. The van der Waals surface area contributed by atoms with Crippen LogP contribution >= 0.6 is 0 Å². The van der Waals surface area contributed by atoms with Gasteiger partial charge in [0, 0.05) is 25.3 Å². The zero-order valence-corrected chi connectivity index (χ0v) is 11.4. The Morgan fingerprint density at radius 1 is 1.30 bits per heavy atom. The molecule has 4 nitrogen and oxygen atoms in total. The van der Waals surface area contributed by atoms with Crippen molar-refractivity contribution in [2.24, 2.45) is 5.73 Å². The third-order valence-electron chi connectivity index (χ3n) is 2.94. The van der Waals surface area contributed by atoms with Crippen molar-refractivity contribution in [3.63, 3.8) is 0 Å². The molecule has 0 atom stereocenters. The first-order chi connectivity index (χ1) is 9.33. The van der Waals surface area contributed by atoms with Crippen LogP contribution in [0.4, 0.5) is 23.7 Å². The third-order valence-corrected chi connectivity index (χ3v) is 2.94. The number of alkyl halides is 3. The minimum Gasteiger partial charge on any atom is -0.326 e. The lowest BCUT2D eigenvalue weighted by Crippen LogP contribution is -2.34. The van der Waals surface area contributed by atoms with Crippen molar-refractivity contribution in [2.45, 2.75) is 26.6 Å². The van der Waals surface area contributed by atoms with Crippen LogP contribution < -0.4 is 11.1 Å². The number of halogens is 3. The fourth-order valence-corrected chi connectivity index (χ4v) is 1.77. The molecule has 0 aliphatic heterocycles. The van der Waals surface area contributed by atoms with Crippen molar-refractivity contribution < 1.29 is 18.0 Å². The molecule has 0 saturated heterocycles. The third kappa shape index (κ3) is 3.86. The molecule has 0 saturated carbocycles. The van der Waals surface area contributed by atoms with Gasteiger partial charge in [-0.2, -0.15) is 13.2 Å². The number of urea groups is 1. The van der Waals surface area contributed by atoms with Crippen molar-refractivity contribution in [3.05, 3.63) is 29.3 Å². The predicted molar refractivity (Wildman–Crippen MR) is 71.3 cm³/mol. The summed E-state index contributed by atoms with van der Waals surface area (Å²) in [4.78, 5) is 13.4. The number of rotatable bonds is 4. The lowest BCUT2D eigenvalue weighted by molar-refractivity contribution is -0.137. The van der Waals surface area contributed by atoms with Crippen LogP contribution in [-0.2, 0) is 12.7 Å². The predicted octanol–water partition coefficient (Wildman–Crippen LogP) is 3.04. The van der Waals surface area contributed by atoms with Gasteiger partial charge in [0.2, 0.25) is 0 Å². The molecule has 0 unspecified atom stereocenters. The lowest BCUT2D eigenvalue weighted by Gasteiger charge is -2.20. The van der Waals surface area contributed by atoms with E-state index in [0.717, 1.165) is 12.1 Å². The van der Waals surface area contributed by atoms with Gasteiger partial charge in [-0.05, 0) is 37.6 Å². The van der Waals surface area contributed by atoms with Gasteiger partial charge in [-0.1, -0.05) is 0 Å². The van der Waals surface area contributed by atoms with E-state index in [0.29, 0.717) is 18.8 Å². The van der Waals surface area contributed by atoms with Crippen LogP contribution in [0.3, 0.4) is 0 Å². The molecule has 1 aromatic carbocycles. The molecule has 0 fully saturated rings. The molecule has 0 aromatic heterocycles. The Kier molecular flexibility index (Phi) is 5.38. The zero-order valence-electron chi connectivity index (χ0n) is 11.4. The van der Waals surface area contributed by atoms with Crippen LogP contribution in [0.1, 0.15) is 25.0 Å². The second-order valence-electron chi connectivity index (χ2n) is 4.18. The van der Waals surface area contributed by atoms with Gasteiger partial charge in [-0.15, -0.1) is 0 Å². The molecule has 2 amide bonds. The lowest BCUT2D eigenvalue weighted by atomic mass is 10.1. The maximum absolute atomic E-state index is 12.6. The van der Waals surface area contributed by atoms with Gasteiger partial charge >= 0.3 is 12.2 Å². The van der Waals surface area contributed by atoms with Crippen LogP contribution in [0.25, 0.3) is 0 Å². The molecular weight excluding hydrogens is 271 g/mol. The summed E-state index contributed by atoms with van der Waals surface area (Å²) in [6.45, 7) is 4.58. The Morgan fingerprint density at radius 2 is 1.90 bits per heavy atom. The number of nitrogens with one attached hydrogen (secondary N) is 1. The average Bonchev–Trinajstić information content (AvgIpc) is 2.39. The standard InChI is InChI=1S/C13H18F3N3O/c1-3-19(4-2)12(20)18-11-6-5-10(13(14,15)16)7-9(11)8-17/h5-7H,3-4,8,17H2,1-2H3,(H,18,20). The maximum Gasteiger partial charge on any atom is 0.416 e. The van der Waals surface area contributed by atoms with Crippen molar-refractivity contribution in [3.8, 4) is 0 Å². The Hall–Kier alpha value is -1.76. The van der Waals surface area contributed by atoms with Gasteiger partial charge < -0.3 is 16.0 Å². The molecule has 112 valence electrons. The summed E-state index contributed by atoms with van der Waals surface area (Å²) in [6.07, 6.45) is -4.43. The summed E-state index contributed by atoms with van der Waals surface area (Å²) in [7, 11) is 0. The van der Waals surface area contributed by atoms with Crippen molar-refractivity contribution in [1.29, 1.82) is 0 Å². The number of hydrogen-bond acceptors (Lipinski definition) is 2. The summed E-state index contributed by atoms with van der Waals surface area (Å²) < 4.78 is 37.8. The monoisotopic (exact) mass is 289 g/mol. The topological polar surface area (TPSA) is 58.4 Å². The van der Waals surface area contributed by atoms with Crippen LogP contribution in [0, 0.1) is 0 Å².